The number of hydrogen-bond donors (Lipinski definition) is 0. The van der Waals surface area contributed by atoms with E-state index in [4.69, 9.17) is 0 Å². The molecule has 0 spiro atoms. The van der Waals surface area contributed by atoms with Crippen LogP contribution < -0.4 is 0 Å². The van der Waals surface area contributed by atoms with Crippen molar-refractivity contribution in [3.8, 4) is 0 Å². The Labute approximate surface area is 111 Å². The lowest BCUT2D eigenvalue weighted by atomic mass is 10.1. The third-order valence-corrected chi connectivity index (χ3v) is 2.95. The van der Waals surface area contributed by atoms with Gasteiger partial charge >= 0.3 is 10.0 Å². The van der Waals surface area contributed by atoms with Crippen LogP contribution in [0.15, 0.2) is 36.5 Å². The molecule has 1 aromatic heterocycles. The van der Waals surface area contributed by atoms with Crippen molar-refractivity contribution in [1.29, 1.82) is 0 Å². The van der Waals surface area contributed by atoms with Gasteiger partial charge in [0, 0.05) is 31.5 Å². The summed E-state index contributed by atoms with van der Waals surface area (Å²) in [5.41, 5.74) is 1.22. The van der Waals surface area contributed by atoms with Crippen LogP contribution in [0, 0.1) is 0 Å². The molecule has 0 unspecified atom stereocenters. The topological polar surface area (TPSA) is 31.4 Å². The molecule has 0 radical (unpaired) electrons. The van der Waals surface area contributed by atoms with Crippen LogP contribution in [0.3, 0.4) is 0 Å². The molecule has 2 rings (SSSR count). The third-order valence-electron chi connectivity index (χ3n) is 2.48. The first-order chi connectivity index (χ1) is 8.83. The predicted octanol–water partition coefficient (Wildman–Crippen LogP) is 2.47. The number of benzene rings is 1. The van der Waals surface area contributed by atoms with Crippen molar-refractivity contribution >= 4 is 20.8 Å². The van der Waals surface area contributed by atoms with Crippen LogP contribution in [0.5, 0.6) is 0 Å². The number of nitrogens with zero attached hydrogens (tertiary/aromatic N) is 1. The first-order valence-electron chi connectivity index (χ1n) is 6.14. The lowest BCUT2D eigenvalue weighted by Gasteiger charge is -2.02. The fourth-order valence-electron chi connectivity index (χ4n) is 1.74. The zero-order valence-electron chi connectivity index (χ0n) is 11.3. The molecule has 1 heterocycles. The van der Waals surface area contributed by atoms with E-state index in [-0.39, 0.29) is 0 Å². The minimum Gasteiger partial charge on any atom is -0.402 e. The van der Waals surface area contributed by atoms with Crippen molar-refractivity contribution in [2.75, 3.05) is 14.2 Å². The quantitative estimate of drug-likeness (QED) is 0.794. The molecule has 1 aromatic carbocycles. The molecule has 0 aliphatic rings. The Morgan fingerprint density at radius 1 is 1.11 bits per heavy atom. The van der Waals surface area contributed by atoms with Gasteiger partial charge in [-0.3, -0.25) is 4.98 Å². The van der Waals surface area contributed by atoms with Gasteiger partial charge in [-0.25, -0.2) is 0 Å². The van der Waals surface area contributed by atoms with Crippen molar-refractivity contribution in [1.82, 2.24) is 4.98 Å². The standard InChI is InChI=1S/C12H13N.C2H8O2Si/c1-2-5-12-11-7-4-3-6-10(11)8-9-13-12;1-3-5-4-2/h3-4,6-9H,2,5H2,1H3;5H2,1-2H3. The van der Waals surface area contributed by atoms with E-state index < -0.39 is 10.0 Å². The Morgan fingerprint density at radius 3 is 2.44 bits per heavy atom. The summed E-state index contributed by atoms with van der Waals surface area (Å²) < 4.78 is 9.22. The molecule has 0 aliphatic heterocycles. The van der Waals surface area contributed by atoms with Gasteiger partial charge in [0.1, 0.15) is 0 Å². The van der Waals surface area contributed by atoms with Crippen LogP contribution in [-0.2, 0) is 15.3 Å². The van der Waals surface area contributed by atoms with Crippen LogP contribution >= 0.6 is 0 Å². The fraction of sp³-hybridized carbons (Fsp3) is 0.357. The van der Waals surface area contributed by atoms with E-state index in [9.17, 15) is 0 Å². The number of fused-ring (bicyclic) bond motifs is 1. The molecule has 3 nitrogen and oxygen atoms in total. The Balaban J connectivity index is 0.000000280. The maximum absolute atomic E-state index is 4.61. The first kappa shape index (κ1) is 14.8. The highest BCUT2D eigenvalue weighted by molar-refractivity contribution is 6.17. The number of hydrogen-bond acceptors (Lipinski definition) is 3. The van der Waals surface area contributed by atoms with Gasteiger partial charge in [-0.05, 0) is 17.9 Å². The molecule has 18 heavy (non-hydrogen) atoms. The minimum atomic E-state index is -0.568. The van der Waals surface area contributed by atoms with E-state index in [0.29, 0.717) is 0 Å². The monoisotopic (exact) mass is 263 g/mol. The molecular weight excluding hydrogens is 242 g/mol. The van der Waals surface area contributed by atoms with E-state index >= 15 is 0 Å². The number of aromatic nitrogens is 1. The van der Waals surface area contributed by atoms with Crippen LogP contribution in [-0.4, -0.2) is 29.2 Å². The molecule has 0 aliphatic carbocycles. The number of pyridine rings is 1. The van der Waals surface area contributed by atoms with Crippen molar-refractivity contribution in [2.24, 2.45) is 0 Å². The molecule has 0 amide bonds. The van der Waals surface area contributed by atoms with Crippen molar-refractivity contribution < 1.29 is 8.85 Å². The predicted molar refractivity (Wildman–Crippen MR) is 78.3 cm³/mol. The molecule has 0 saturated carbocycles. The molecule has 98 valence electrons. The highest BCUT2D eigenvalue weighted by Crippen LogP contribution is 2.16. The fourth-order valence-corrected chi connectivity index (χ4v) is 1.97. The summed E-state index contributed by atoms with van der Waals surface area (Å²) in [4.78, 5) is 4.40. The number of rotatable bonds is 4. The Bertz CT molecular complexity index is 455. The molecule has 0 N–H and O–H groups in total. The molecule has 0 fully saturated rings. The van der Waals surface area contributed by atoms with Gasteiger partial charge in [0.15, 0.2) is 0 Å². The third kappa shape index (κ3) is 4.56. The second-order valence-electron chi connectivity index (χ2n) is 3.92. The summed E-state index contributed by atoms with van der Waals surface area (Å²) >= 11 is 0. The van der Waals surface area contributed by atoms with Crippen LogP contribution in [0.1, 0.15) is 19.0 Å². The van der Waals surface area contributed by atoms with Gasteiger partial charge in [-0.2, -0.15) is 0 Å². The molecule has 4 heteroatoms. The van der Waals surface area contributed by atoms with Gasteiger partial charge in [-0.1, -0.05) is 37.6 Å². The van der Waals surface area contributed by atoms with Gasteiger partial charge in [0.05, 0.1) is 0 Å². The van der Waals surface area contributed by atoms with Gasteiger partial charge in [0.25, 0.3) is 0 Å². The highest BCUT2D eigenvalue weighted by Gasteiger charge is 1.98. The summed E-state index contributed by atoms with van der Waals surface area (Å²) in [5.74, 6) is 0. The SMILES string of the molecule is CCCc1nccc2ccccc12.CO[SiH2]OC. The highest BCUT2D eigenvalue weighted by atomic mass is 28.3. The zero-order chi connectivity index (χ0) is 13.2. The van der Waals surface area contributed by atoms with E-state index in [1.54, 1.807) is 14.2 Å². The smallest absolute Gasteiger partial charge is 0.303 e. The Hall–Kier alpha value is -1.23. The summed E-state index contributed by atoms with van der Waals surface area (Å²) in [5, 5.41) is 2.59. The summed E-state index contributed by atoms with van der Waals surface area (Å²) in [7, 11) is 2.73. The molecule has 0 saturated heterocycles. The summed E-state index contributed by atoms with van der Waals surface area (Å²) in [6.07, 6.45) is 4.12. The average molecular weight is 263 g/mol. The summed E-state index contributed by atoms with van der Waals surface area (Å²) in [6, 6.07) is 10.5. The number of aryl methyl sites for hydroxylation is 1. The van der Waals surface area contributed by atoms with Gasteiger partial charge in [0.2, 0.25) is 0 Å². The Morgan fingerprint density at radius 2 is 1.83 bits per heavy atom. The van der Waals surface area contributed by atoms with E-state index in [2.05, 4.69) is 51.1 Å². The molecule has 2 aromatic rings. The first-order valence-corrected chi connectivity index (χ1v) is 7.29. The maximum Gasteiger partial charge on any atom is 0.303 e. The van der Waals surface area contributed by atoms with Crippen LogP contribution in [0.25, 0.3) is 10.8 Å². The van der Waals surface area contributed by atoms with E-state index in [1.165, 1.54) is 16.5 Å². The minimum absolute atomic E-state index is 0.568. The second-order valence-corrected chi connectivity index (χ2v) is 5.31. The van der Waals surface area contributed by atoms with Crippen LogP contribution in [0.4, 0.5) is 0 Å². The van der Waals surface area contributed by atoms with E-state index in [0.717, 1.165) is 12.8 Å². The van der Waals surface area contributed by atoms with Crippen LogP contribution in [0.2, 0.25) is 0 Å². The normalized spacial score (nSPS) is 9.94. The lowest BCUT2D eigenvalue weighted by molar-refractivity contribution is 0.309. The molecular formula is C14H21NO2Si. The van der Waals surface area contributed by atoms with Crippen molar-refractivity contribution in [3.05, 3.63) is 42.2 Å². The zero-order valence-corrected chi connectivity index (χ0v) is 12.8. The van der Waals surface area contributed by atoms with Crippen molar-refractivity contribution in [3.63, 3.8) is 0 Å². The summed E-state index contributed by atoms with van der Waals surface area (Å²) in [6.45, 7) is 2.18. The largest absolute Gasteiger partial charge is 0.402 e. The van der Waals surface area contributed by atoms with Gasteiger partial charge in [-0.15, -0.1) is 0 Å². The lowest BCUT2D eigenvalue weighted by Crippen LogP contribution is -1.93. The average Bonchev–Trinajstić information content (AvgIpc) is 2.41. The second kappa shape index (κ2) is 8.80. The molecule has 0 atom stereocenters. The maximum atomic E-state index is 4.61. The van der Waals surface area contributed by atoms with E-state index in [1.807, 2.05) is 6.20 Å². The van der Waals surface area contributed by atoms with Crippen molar-refractivity contribution in [2.45, 2.75) is 19.8 Å². The Kier molecular flexibility index (Phi) is 7.25. The molecule has 0 bridgehead atoms. The van der Waals surface area contributed by atoms with Gasteiger partial charge < -0.3 is 8.85 Å².